The van der Waals surface area contributed by atoms with Crippen LogP contribution in [0, 0.1) is 5.82 Å². The second-order valence-electron chi connectivity index (χ2n) is 2.51. The van der Waals surface area contributed by atoms with Gasteiger partial charge in [0.1, 0.15) is 18.0 Å². The first kappa shape index (κ1) is 7.86. The maximum Gasteiger partial charge on any atom is 0.164 e. The average Bonchev–Trinajstić information content (AvgIpc) is 2.12. The molecule has 0 unspecified atom stereocenters. The molecule has 1 N–H and O–H groups in total. The Bertz CT molecular complexity index is 316. The van der Waals surface area contributed by atoms with Crippen LogP contribution in [0.4, 0.5) is 10.1 Å². The van der Waals surface area contributed by atoms with Crippen molar-refractivity contribution in [1.82, 2.24) is 0 Å². The van der Waals surface area contributed by atoms with Gasteiger partial charge in [0.15, 0.2) is 5.82 Å². The maximum absolute atomic E-state index is 13.3. The molecule has 1 aromatic carbocycles. The Hall–Kier alpha value is -0.770. The van der Waals surface area contributed by atoms with E-state index in [9.17, 15) is 4.39 Å². The summed E-state index contributed by atoms with van der Waals surface area (Å²) in [6, 6.07) is 3.38. The van der Waals surface area contributed by atoms with Crippen molar-refractivity contribution >= 4 is 21.6 Å². The number of benzene rings is 1. The molecule has 1 aromatic rings. The molecule has 1 aliphatic rings. The topological polar surface area (TPSA) is 21.3 Å². The van der Waals surface area contributed by atoms with Crippen LogP contribution >= 0.6 is 15.9 Å². The van der Waals surface area contributed by atoms with Gasteiger partial charge in [0.2, 0.25) is 0 Å². The van der Waals surface area contributed by atoms with Gasteiger partial charge in [-0.1, -0.05) is 0 Å². The Balaban J connectivity index is 2.54. The molecule has 64 valence electrons. The summed E-state index contributed by atoms with van der Waals surface area (Å²) in [5.74, 6) is 0.300. The number of anilines is 1. The lowest BCUT2D eigenvalue weighted by atomic mass is 10.2. The van der Waals surface area contributed by atoms with Crippen LogP contribution < -0.4 is 10.1 Å². The molecule has 2 rings (SSSR count). The molecule has 0 amide bonds. The van der Waals surface area contributed by atoms with Crippen molar-refractivity contribution < 1.29 is 9.13 Å². The quantitative estimate of drug-likeness (QED) is 0.741. The van der Waals surface area contributed by atoms with E-state index in [0.29, 0.717) is 29.1 Å². The first-order chi connectivity index (χ1) is 5.79. The van der Waals surface area contributed by atoms with Crippen molar-refractivity contribution in [2.75, 3.05) is 18.5 Å². The molecule has 12 heavy (non-hydrogen) atoms. The highest BCUT2D eigenvalue weighted by molar-refractivity contribution is 9.10. The van der Waals surface area contributed by atoms with Crippen molar-refractivity contribution in [3.63, 3.8) is 0 Å². The van der Waals surface area contributed by atoms with E-state index >= 15 is 0 Å². The van der Waals surface area contributed by atoms with Crippen LogP contribution in [0.3, 0.4) is 0 Å². The second kappa shape index (κ2) is 2.94. The maximum atomic E-state index is 13.3. The van der Waals surface area contributed by atoms with Crippen LogP contribution in [0.15, 0.2) is 16.6 Å². The predicted molar refractivity (Wildman–Crippen MR) is 48.1 cm³/mol. The molecule has 0 spiro atoms. The molecule has 1 heterocycles. The Morgan fingerprint density at radius 2 is 2.33 bits per heavy atom. The number of fused-ring (bicyclic) bond motifs is 1. The summed E-state index contributed by atoms with van der Waals surface area (Å²) >= 11 is 3.10. The minimum atomic E-state index is -0.285. The van der Waals surface area contributed by atoms with Crippen LogP contribution in [0.25, 0.3) is 0 Å². The second-order valence-corrected chi connectivity index (χ2v) is 3.36. The van der Waals surface area contributed by atoms with Crippen molar-refractivity contribution in [2.24, 2.45) is 0 Å². The zero-order valence-electron chi connectivity index (χ0n) is 6.23. The molecule has 2 nitrogen and oxygen atoms in total. The lowest BCUT2D eigenvalue weighted by molar-refractivity contribution is 0.320. The van der Waals surface area contributed by atoms with Gasteiger partial charge in [0, 0.05) is 6.54 Å². The molecule has 0 saturated carbocycles. The molecule has 0 aliphatic carbocycles. The number of nitrogens with one attached hydrogen (secondary N) is 1. The van der Waals surface area contributed by atoms with E-state index in [0.717, 1.165) is 0 Å². The highest BCUT2D eigenvalue weighted by Gasteiger charge is 2.15. The highest BCUT2D eigenvalue weighted by atomic mass is 79.9. The molecule has 4 heteroatoms. The van der Waals surface area contributed by atoms with Gasteiger partial charge in [-0.15, -0.1) is 0 Å². The monoisotopic (exact) mass is 231 g/mol. The normalized spacial score (nSPS) is 14.5. The molecule has 1 aliphatic heterocycles. The molecule has 0 bridgehead atoms. The first-order valence-corrected chi connectivity index (χ1v) is 4.43. The minimum absolute atomic E-state index is 0.285. The summed E-state index contributed by atoms with van der Waals surface area (Å²) in [5.41, 5.74) is 0.454. The fourth-order valence-electron chi connectivity index (χ4n) is 1.15. The van der Waals surface area contributed by atoms with E-state index in [2.05, 4.69) is 21.2 Å². The van der Waals surface area contributed by atoms with Crippen LogP contribution in [0.2, 0.25) is 0 Å². The third-order valence-electron chi connectivity index (χ3n) is 1.72. The third-order valence-corrected chi connectivity index (χ3v) is 2.33. The fraction of sp³-hybridized carbons (Fsp3) is 0.250. The van der Waals surface area contributed by atoms with Crippen molar-refractivity contribution in [3.05, 3.63) is 22.4 Å². The van der Waals surface area contributed by atoms with Gasteiger partial charge in [0.25, 0.3) is 0 Å². The van der Waals surface area contributed by atoms with Crippen LogP contribution in [0.1, 0.15) is 0 Å². The van der Waals surface area contributed by atoms with Crippen molar-refractivity contribution in [3.8, 4) is 5.75 Å². The van der Waals surface area contributed by atoms with Gasteiger partial charge in [-0.05, 0) is 28.1 Å². The van der Waals surface area contributed by atoms with E-state index in [1.165, 1.54) is 0 Å². The van der Waals surface area contributed by atoms with E-state index < -0.39 is 0 Å². The lowest BCUT2D eigenvalue weighted by Gasteiger charge is -2.19. The zero-order chi connectivity index (χ0) is 8.55. The van der Waals surface area contributed by atoms with Crippen molar-refractivity contribution in [1.29, 1.82) is 0 Å². The van der Waals surface area contributed by atoms with Gasteiger partial charge in [-0.2, -0.15) is 0 Å². The number of halogens is 2. The summed E-state index contributed by atoms with van der Waals surface area (Å²) in [6.45, 7) is 1.24. The lowest BCUT2D eigenvalue weighted by Crippen LogP contribution is -2.19. The standard InChI is InChI=1S/C8H7BrFNO/c9-5-1-2-6-8(7(5)10)11-3-4-12-6/h1-2,11H,3-4H2. The number of hydrogen-bond donors (Lipinski definition) is 1. The zero-order valence-corrected chi connectivity index (χ0v) is 7.82. The van der Waals surface area contributed by atoms with Gasteiger partial charge in [0.05, 0.1) is 4.47 Å². The smallest absolute Gasteiger partial charge is 0.164 e. The molecule has 0 atom stereocenters. The van der Waals surface area contributed by atoms with Gasteiger partial charge < -0.3 is 10.1 Å². The molecule has 0 fully saturated rings. The van der Waals surface area contributed by atoms with Gasteiger partial charge in [-0.25, -0.2) is 4.39 Å². The molecular formula is C8H7BrFNO. The molecular weight excluding hydrogens is 225 g/mol. The minimum Gasteiger partial charge on any atom is -0.489 e. The van der Waals surface area contributed by atoms with Crippen molar-refractivity contribution in [2.45, 2.75) is 0 Å². The average molecular weight is 232 g/mol. The Kier molecular flexibility index (Phi) is 1.92. The van der Waals surface area contributed by atoms with E-state index in [4.69, 9.17) is 4.74 Å². The van der Waals surface area contributed by atoms with E-state index in [1.54, 1.807) is 12.1 Å². The Morgan fingerprint density at radius 1 is 1.50 bits per heavy atom. The van der Waals surface area contributed by atoms with Gasteiger partial charge >= 0.3 is 0 Å². The largest absolute Gasteiger partial charge is 0.489 e. The number of hydrogen-bond acceptors (Lipinski definition) is 2. The Morgan fingerprint density at radius 3 is 3.17 bits per heavy atom. The molecule has 0 saturated heterocycles. The van der Waals surface area contributed by atoms with Crippen LogP contribution in [-0.2, 0) is 0 Å². The summed E-state index contributed by atoms with van der Waals surface area (Å²) in [4.78, 5) is 0. The van der Waals surface area contributed by atoms with E-state index in [-0.39, 0.29) is 5.82 Å². The summed E-state index contributed by atoms with van der Waals surface area (Å²) in [7, 11) is 0. The van der Waals surface area contributed by atoms with E-state index in [1.807, 2.05) is 0 Å². The summed E-state index contributed by atoms with van der Waals surface area (Å²) in [5, 5.41) is 2.94. The molecule has 0 aromatic heterocycles. The highest BCUT2D eigenvalue weighted by Crippen LogP contribution is 2.33. The van der Waals surface area contributed by atoms with Crippen LogP contribution in [-0.4, -0.2) is 13.2 Å². The summed E-state index contributed by atoms with van der Waals surface area (Å²) in [6.07, 6.45) is 0. The predicted octanol–water partition coefficient (Wildman–Crippen LogP) is 2.39. The number of rotatable bonds is 0. The summed E-state index contributed by atoms with van der Waals surface area (Å²) < 4.78 is 19.0. The first-order valence-electron chi connectivity index (χ1n) is 3.64. The van der Waals surface area contributed by atoms with Crippen LogP contribution in [0.5, 0.6) is 5.75 Å². The number of ether oxygens (including phenoxy) is 1. The molecule has 0 radical (unpaired) electrons. The fourth-order valence-corrected chi connectivity index (χ4v) is 1.49. The Labute approximate surface area is 77.9 Å². The third kappa shape index (κ3) is 1.16. The SMILES string of the molecule is Fc1c(Br)ccc2c1NCCO2. The van der Waals surface area contributed by atoms with Gasteiger partial charge in [-0.3, -0.25) is 0 Å².